The van der Waals surface area contributed by atoms with Gasteiger partial charge < -0.3 is 33.5 Å². The van der Waals surface area contributed by atoms with Crippen molar-refractivity contribution < 1.29 is 33.5 Å². The molecule has 7 nitrogen and oxygen atoms in total. The Morgan fingerprint density at radius 3 is 2.00 bits per heavy atom. The number of ether oxygens (including phenoxy) is 6. The Kier molecular flexibility index (Phi) is 4.18. The van der Waals surface area contributed by atoms with E-state index in [0.717, 1.165) is 0 Å². The maximum absolute atomic E-state index is 9.91. The van der Waals surface area contributed by atoms with Gasteiger partial charge in [0.25, 0.3) is 0 Å². The van der Waals surface area contributed by atoms with Gasteiger partial charge in [0.1, 0.15) is 18.3 Å². The van der Waals surface area contributed by atoms with Crippen LogP contribution in [0.4, 0.5) is 0 Å². The predicted molar refractivity (Wildman–Crippen MR) is 63.3 cm³/mol. The zero-order valence-electron chi connectivity index (χ0n) is 11.9. The number of fused-ring (bicyclic) bond motifs is 1. The molecule has 7 heteroatoms. The van der Waals surface area contributed by atoms with E-state index < -0.39 is 30.1 Å². The van der Waals surface area contributed by atoms with Crippen LogP contribution >= 0.6 is 0 Å². The second kappa shape index (κ2) is 5.25. The van der Waals surface area contributed by atoms with Crippen LogP contribution in [-0.4, -0.2) is 69.2 Å². The van der Waals surface area contributed by atoms with E-state index in [1.165, 1.54) is 14.2 Å². The molecule has 0 bridgehead atoms. The highest BCUT2D eigenvalue weighted by Gasteiger charge is 2.60. The highest BCUT2D eigenvalue weighted by atomic mass is 16.8. The molecule has 0 saturated carbocycles. The van der Waals surface area contributed by atoms with E-state index in [2.05, 4.69) is 0 Å². The second-order valence-electron chi connectivity index (χ2n) is 4.96. The van der Waals surface area contributed by atoms with Gasteiger partial charge in [-0.1, -0.05) is 0 Å². The van der Waals surface area contributed by atoms with E-state index in [4.69, 9.17) is 28.4 Å². The average Bonchev–Trinajstić information content (AvgIpc) is 2.41. The number of aliphatic hydroxyl groups excluding tert-OH is 1. The van der Waals surface area contributed by atoms with Crippen molar-refractivity contribution in [3.8, 4) is 0 Å². The lowest BCUT2D eigenvalue weighted by molar-refractivity contribution is -0.478. The van der Waals surface area contributed by atoms with Gasteiger partial charge in [-0.2, -0.15) is 0 Å². The van der Waals surface area contributed by atoms with Crippen LogP contribution in [-0.2, 0) is 28.4 Å². The van der Waals surface area contributed by atoms with Gasteiger partial charge in [0, 0.05) is 21.3 Å². The molecule has 1 N–H and O–H groups in total. The van der Waals surface area contributed by atoms with Crippen molar-refractivity contribution in [3.05, 3.63) is 0 Å². The van der Waals surface area contributed by atoms with Crippen LogP contribution < -0.4 is 0 Å². The molecule has 19 heavy (non-hydrogen) atoms. The third-order valence-corrected chi connectivity index (χ3v) is 4.03. The number of hydrogen-bond acceptors (Lipinski definition) is 7. The van der Waals surface area contributed by atoms with Crippen molar-refractivity contribution >= 4 is 0 Å². The number of rotatable bonds is 3. The monoisotopic (exact) mass is 278 g/mol. The second-order valence-corrected chi connectivity index (χ2v) is 4.96. The Balaban J connectivity index is 2.29. The van der Waals surface area contributed by atoms with Crippen LogP contribution in [0.3, 0.4) is 0 Å². The minimum atomic E-state index is -1.16. The molecule has 0 radical (unpaired) electrons. The number of hydrogen-bond donors (Lipinski definition) is 1. The topological polar surface area (TPSA) is 75.6 Å². The first-order valence-corrected chi connectivity index (χ1v) is 6.19. The van der Waals surface area contributed by atoms with Crippen molar-refractivity contribution in [2.45, 2.75) is 50.0 Å². The third-order valence-electron chi connectivity index (χ3n) is 4.03. The van der Waals surface area contributed by atoms with Crippen LogP contribution in [0.15, 0.2) is 0 Å². The van der Waals surface area contributed by atoms with Crippen LogP contribution in [0.5, 0.6) is 0 Å². The molecule has 2 fully saturated rings. The molecule has 0 aromatic heterocycles. The maximum atomic E-state index is 9.91. The van der Waals surface area contributed by atoms with Crippen molar-refractivity contribution in [1.29, 1.82) is 0 Å². The largest absolute Gasteiger partial charge is 0.376 e. The van der Waals surface area contributed by atoms with Gasteiger partial charge in [0.2, 0.25) is 11.6 Å². The Morgan fingerprint density at radius 1 is 1.00 bits per heavy atom. The Labute approximate surface area is 112 Å². The summed E-state index contributed by atoms with van der Waals surface area (Å²) in [4.78, 5) is 0. The summed E-state index contributed by atoms with van der Waals surface area (Å²) in [5.41, 5.74) is 0. The van der Waals surface area contributed by atoms with Gasteiger partial charge in [0.15, 0.2) is 6.29 Å². The van der Waals surface area contributed by atoms with Gasteiger partial charge in [-0.25, -0.2) is 0 Å². The maximum Gasteiger partial charge on any atom is 0.220 e. The average molecular weight is 278 g/mol. The fraction of sp³-hybridized carbons (Fsp3) is 1.00. The Hall–Kier alpha value is -0.280. The summed E-state index contributed by atoms with van der Waals surface area (Å²) >= 11 is 0. The summed E-state index contributed by atoms with van der Waals surface area (Å²) < 4.78 is 33.1. The highest BCUT2D eigenvalue weighted by Crippen LogP contribution is 2.42. The van der Waals surface area contributed by atoms with Crippen LogP contribution in [0, 0.1) is 0 Å². The molecule has 1 unspecified atom stereocenters. The van der Waals surface area contributed by atoms with Gasteiger partial charge in [-0.05, 0) is 13.8 Å². The first-order chi connectivity index (χ1) is 8.90. The van der Waals surface area contributed by atoms with E-state index >= 15 is 0 Å². The zero-order chi connectivity index (χ0) is 14.3. The quantitative estimate of drug-likeness (QED) is 0.770. The van der Waals surface area contributed by atoms with Crippen LogP contribution in [0.1, 0.15) is 13.8 Å². The lowest BCUT2D eigenvalue weighted by Crippen LogP contribution is -2.71. The van der Waals surface area contributed by atoms with E-state index in [1.54, 1.807) is 21.0 Å². The minimum Gasteiger partial charge on any atom is -0.376 e. The van der Waals surface area contributed by atoms with Crippen LogP contribution in [0.25, 0.3) is 0 Å². The molecule has 2 rings (SSSR count). The summed E-state index contributed by atoms with van der Waals surface area (Å²) in [6.07, 6.45) is -2.63. The Morgan fingerprint density at radius 2 is 1.53 bits per heavy atom. The van der Waals surface area contributed by atoms with Crippen molar-refractivity contribution in [2.24, 2.45) is 0 Å². The minimum absolute atomic E-state index is 0.228. The van der Waals surface area contributed by atoms with Crippen molar-refractivity contribution in [3.63, 3.8) is 0 Å². The first kappa shape index (κ1) is 15.1. The molecule has 0 aliphatic carbocycles. The number of methoxy groups -OCH3 is 3. The molecule has 0 aromatic carbocycles. The summed E-state index contributed by atoms with van der Waals surface area (Å²) in [7, 11) is 4.56. The van der Waals surface area contributed by atoms with E-state index in [1.807, 2.05) is 0 Å². The molecule has 112 valence electrons. The summed E-state index contributed by atoms with van der Waals surface area (Å²) in [5.74, 6) is -2.28. The first-order valence-electron chi connectivity index (χ1n) is 6.19. The van der Waals surface area contributed by atoms with Gasteiger partial charge in [-0.3, -0.25) is 0 Å². The predicted octanol–water partition coefficient (Wildman–Crippen LogP) is -0.141. The zero-order valence-corrected chi connectivity index (χ0v) is 11.9. The third kappa shape index (κ3) is 2.29. The molecular formula is C12H22O7. The van der Waals surface area contributed by atoms with Gasteiger partial charge in [0.05, 0.1) is 6.61 Å². The molecule has 0 spiro atoms. The summed E-state index contributed by atoms with van der Waals surface area (Å²) in [5, 5.41) is 9.91. The summed E-state index contributed by atoms with van der Waals surface area (Å²) in [6, 6.07) is 0. The van der Waals surface area contributed by atoms with Gasteiger partial charge in [-0.15, -0.1) is 0 Å². The Bertz CT molecular complexity index is 325. The molecule has 0 amide bonds. The van der Waals surface area contributed by atoms with Crippen molar-refractivity contribution in [1.82, 2.24) is 0 Å². The fourth-order valence-electron chi connectivity index (χ4n) is 2.43. The van der Waals surface area contributed by atoms with Crippen LogP contribution in [0.2, 0.25) is 0 Å². The molecule has 2 aliphatic heterocycles. The molecule has 6 atom stereocenters. The normalized spacial score (nSPS) is 50.8. The summed E-state index contributed by atoms with van der Waals surface area (Å²) in [6.45, 7) is 3.64. The number of aliphatic hydroxyl groups is 1. The standard InChI is InChI=1S/C12H22O7/c1-11(15-4)12(2,16-5)19-9-8(18-11)7(14-3)6-17-10(9)13/h7-10,13H,6H2,1-5H3/t7-,8-,9+,10?,11+,12+/m0/s1. The van der Waals surface area contributed by atoms with Crippen molar-refractivity contribution in [2.75, 3.05) is 27.9 Å². The van der Waals surface area contributed by atoms with E-state index in [9.17, 15) is 5.11 Å². The lowest BCUT2D eigenvalue weighted by Gasteiger charge is -2.55. The molecule has 0 aromatic rings. The van der Waals surface area contributed by atoms with Gasteiger partial charge >= 0.3 is 0 Å². The SMILES string of the molecule is CO[C@H]1COC(O)[C@@H]2O[C@@](C)(OC)[C@](C)(OC)O[C@@H]12. The van der Waals surface area contributed by atoms with E-state index in [0.29, 0.717) is 0 Å². The molecule has 2 aliphatic rings. The fourth-order valence-corrected chi connectivity index (χ4v) is 2.43. The molecule has 2 heterocycles. The highest BCUT2D eigenvalue weighted by molar-refractivity contribution is 4.96. The van der Waals surface area contributed by atoms with E-state index in [-0.39, 0.29) is 12.7 Å². The molecular weight excluding hydrogens is 256 g/mol. The molecule has 2 saturated heterocycles. The lowest BCUT2D eigenvalue weighted by atomic mass is 9.98. The smallest absolute Gasteiger partial charge is 0.220 e.